The minimum absolute atomic E-state index is 0.167. The largest absolute Gasteiger partial charge is 0.380 e. The van der Waals surface area contributed by atoms with Crippen molar-refractivity contribution >= 4 is 44.6 Å². The number of methoxy groups -OCH3 is 1. The van der Waals surface area contributed by atoms with Crippen molar-refractivity contribution in [1.29, 1.82) is 0 Å². The van der Waals surface area contributed by atoms with Crippen LogP contribution in [-0.2, 0) is 11.3 Å². The number of ether oxygens (including phenoxy) is 1. The lowest BCUT2D eigenvalue weighted by molar-refractivity contribution is 0.0948. The summed E-state index contributed by atoms with van der Waals surface area (Å²) in [6.45, 7) is 4.67. The molecule has 4 rings (SSSR count). The first kappa shape index (κ1) is 21.1. The van der Waals surface area contributed by atoms with Gasteiger partial charge in [0.05, 0.1) is 11.5 Å². The van der Waals surface area contributed by atoms with Gasteiger partial charge in [0.1, 0.15) is 5.82 Å². The van der Waals surface area contributed by atoms with Crippen molar-refractivity contribution in [2.24, 2.45) is 5.92 Å². The summed E-state index contributed by atoms with van der Waals surface area (Å²) < 4.78 is 20.4. The third-order valence-electron chi connectivity index (χ3n) is 5.61. The Morgan fingerprint density at radius 1 is 1.37 bits per heavy atom. The zero-order valence-corrected chi connectivity index (χ0v) is 18.6. The summed E-state index contributed by atoms with van der Waals surface area (Å²) in [6, 6.07) is 10.9. The predicted molar refractivity (Wildman–Crippen MR) is 121 cm³/mol. The third-order valence-corrected chi connectivity index (χ3v) is 7.04. The summed E-state index contributed by atoms with van der Waals surface area (Å²) in [5.41, 5.74) is 2.97. The van der Waals surface area contributed by atoms with Crippen molar-refractivity contribution in [3.8, 4) is 0 Å². The molecule has 1 unspecified atom stereocenters. The highest BCUT2D eigenvalue weighted by molar-refractivity contribution is 7.21. The van der Waals surface area contributed by atoms with Crippen molar-refractivity contribution < 1.29 is 13.9 Å². The molecule has 0 saturated carbocycles. The van der Waals surface area contributed by atoms with Gasteiger partial charge in [0.15, 0.2) is 0 Å². The van der Waals surface area contributed by atoms with Crippen LogP contribution < -0.4 is 10.2 Å². The van der Waals surface area contributed by atoms with E-state index >= 15 is 0 Å². The highest BCUT2D eigenvalue weighted by Gasteiger charge is 2.26. The van der Waals surface area contributed by atoms with E-state index < -0.39 is 0 Å². The summed E-state index contributed by atoms with van der Waals surface area (Å²) in [7, 11) is 1.55. The average molecular weight is 447 g/mol. The number of amides is 1. The number of anilines is 1. The van der Waals surface area contributed by atoms with E-state index in [1.807, 2.05) is 24.3 Å². The maximum absolute atomic E-state index is 14.3. The summed E-state index contributed by atoms with van der Waals surface area (Å²) in [6.07, 6.45) is 0.998. The Hall–Kier alpha value is -2.15. The maximum atomic E-state index is 14.3. The molecule has 1 aliphatic rings. The van der Waals surface area contributed by atoms with E-state index in [9.17, 15) is 9.18 Å². The fourth-order valence-corrected chi connectivity index (χ4v) is 5.40. The van der Waals surface area contributed by atoms with Crippen molar-refractivity contribution in [2.45, 2.75) is 20.0 Å². The van der Waals surface area contributed by atoms with Crippen LogP contribution in [0.1, 0.15) is 27.2 Å². The van der Waals surface area contributed by atoms with Gasteiger partial charge in [-0.25, -0.2) is 4.39 Å². The number of thiophene rings is 1. The second-order valence-corrected chi connectivity index (χ2v) is 9.19. The first-order valence-electron chi connectivity index (χ1n) is 9.96. The van der Waals surface area contributed by atoms with Gasteiger partial charge < -0.3 is 15.0 Å². The molecule has 1 atom stereocenters. The Morgan fingerprint density at radius 2 is 2.20 bits per heavy atom. The van der Waals surface area contributed by atoms with E-state index in [0.717, 1.165) is 34.9 Å². The Kier molecular flexibility index (Phi) is 6.27. The third kappa shape index (κ3) is 4.17. The number of hydrogen-bond acceptors (Lipinski definition) is 4. The van der Waals surface area contributed by atoms with Crippen molar-refractivity contribution in [1.82, 2.24) is 5.32 Å². The fraction of sp³-hybridized carbons (Fsp3) is 0.348. The first-order chi connectivity index (χ1) is 14.5. The predicted octanol–water partition coefficient (Wildman–Crippen LogP) is 5.40. The molecule has 0 aliphatic carbocycles. The monoisotopic (exact) mass is 446 g/mol. The summed E-state index contributed by atoms with van der Waals surface area (Å²) in [4.78, 5) is 15.8. The van der Waals surface area contributed by atoms with Crippen LogP contribution in [0.15, 0.2) is 36.4 Å². The standard InChI is InChI=1S/C23H24ClFN2O2S/c1-14-6-7-16(24)10-19(14)27-9-8-15(12-27)11-26-23(28)22-17(13-29-2)21-18(25)4-3-5-20(21)30-22/h3-7,10,15H,8-9,11-13H2,1-2H3,(H,26,28). The van der Waals surface area contributed by atoms with Crippen LogP contribution in [0.5, 0.6) is 0 Å². The summed E-state index contributed by atoms with van der Waals surface area (Å²) in [5.74, 6) is -0.137. The van der Waals surface area contributed by atoms with Crippen molar-refractivity contribution in [3.05, 3.63) is 63.2 Å². The number of halogens is 2. The van der Waals surface area contributed by atoms with Crippen LogP contribution in [0, 0.1) is 18.7 Å². The molecule has 0 bridgehead atoms. The normalized spacial score (nSPS) is 16.4. The van der Waals surface area contributed by atoms with E-state index in [1.54, 1.807) is 13.2 Å². The highest BCUT2D eigenvalue weighted by Crippen LogP contribution is 2.34. The molecule has 1 aliphatic heterocycles. The van der Waals surface area contributed by atoms with Gasteiger partial charge in [0, 0.05) is 53.1 Å². The Balaban J connectivity index is 1.45. The Labute approximate surface area is 184 Å². The number of carbonyl (C=O) groups is 1. The smallest absolute Gasteiger partial charge is 0.261 e. The lowest BCUT2D eigenvalue weighted by atomic mass is 10.1. The molecular formula is C23H24ClFN2O2S. The molecule has 158 valence electrons. The molecule has 4 nitrogen and oxygen atoms in total. The molecule has 1 saturated heterocycles. The number of rotatable bonds is 6. The molecule has 30 heavy (non-hydrogen) atoms. The molecule has 1 N–H and O–H groups in total. The average Bonchev–Trinajstić information content (AvgIpc) is 3.34. The topological polar surface area (TPSA) is 41.6 Å². The first-order valence-corrected chi connectivity index (χ1v) is 11.2. The van der Waals surface area contributed by atoms with Crippen LogP contribution in [0.2, 0.25) is 5.02 Å². The lowest BCUT2D eigenvalue weighted by Gasteiger charge is -2.21. The van der Waals surface area contributed by atoms with Crippen LogP contribution in [0.3, 0.4) is 0 Å². The van der Waals surface area contributed by atoms with Gasteiger partial charge >= 0.3 is 0 Å². The SMILES string of the molecule is COCc1c(C(=O)NCC2CCN(c3cc(Cl)ccc3C)C2)sc2cccc(F)c12. The van der Waals surface area contributed by atoms with Gasteiger partial charge in [-0.05, 0) is 49.1 Å². The Morgan fingerprint density at radius 3 is 3.00 bits per heavy atom. The van der Waals surface area contributed by atoms with Crippen LogP contribution in [0.25, 0.3) is 10.1 Å². The second kappa shape index (κ2) is 8.92. The lowest BCUT2D eigenvalue weighted by Crippen LogP contribution is -2.31. The molecule has 7 heteroatoms. The van der Waals surface area contributed by atoms with Gasteiger partial charge in [0.2, 0.25) is 0 Å². The number of hydrogen-bond donors (Lipinski definition) is 1. The number of aryl methyl sites for hydroxylation is 1. The van der Waals surface area contributed by atoms with E-state index in [2.05, 4.69) is 17.1 Å². The minimum Gasteiger partial charge on any atom is -0.380 e. The molecule has 1 aromatic heterocycles. The number of fused-ring (bicyclic) bond motifs is 1. The second-order valence-electron chi connectivity index (χ2n) is 7.70. The molecular weight excluding hydrogens is 423 g/mol. The van der Waals surface area contributed by atoms with Crippen molar-refractivity contribution in [2.75, 3.05) is 31.6 Å². The molecule has 2 aromatic carbocycles. The van der Waals surface area contributed by atoms with Crippen LogP contribution in [-0.4, -0.2) is 32.7 Å². The summed E-state index contributed by atoms with van der Waals surface area (Å²) in [5, 5.41) is 4.27. The van der Waals surface area contributed by atoms with Crippen LogP contribution >= 0.6 is 22.9 Å². The van der Waals surface area contributed by atoms with Gasteiger partial charge in [0.25, 0.3) is 5.91 Å². The molecule has 1 fully saturated rings. The van der Waals surface area contributed by atoms with Crippen LogP contribution in [0.4, 0.5) is 10.1 Å². The van der Waals surface area contributed by atoms with E-state index in [-0.39, 0.29) is 18.3 Å². The zero-order chi connectivity index (χ0) is 21.3. The highest BCUT2D eigenvalue weighted by atomic mass is 35.5. The van der Waals surface area contributed by atoms with Gasteiger partial charge in [-0.3, -0.25) is 4.79 Å². The van der Waals surface area contributed by atoms with E-state index in [1.165, 1.54) is 23.0 Å². The molecule has 2 heterocycles. The maximum Gasteiger partial charge on any atom is 0.261 e. The fourth-order valence-electron chi connectivity index (χ4n) is 4.09. The number of benzene rings is 2. The number of nitrogens with one attached hydrogen (secondary N) is 1. The van der Waals surface area contributed by atoms with E-state index in [0.29, 0.717) is 28.3 Å². The molecule has 3 aromatic rings. The zero-order valence-electron chi connectivity index (χ0n) is 17.0. The molecule has 0 radical (unpaired) electrons. The summed E-state index contributed by atoms with van der Waals surface area (Å²) >= 11 is 7.48. The minimum atomic E-state index is -0.321. The number of carbonyl (C=O) groups excluding carboxylic acids is 1. The Bertz CT molecular complexity index is 1080. The molecule has 0 spiro atoms. The van der Waals surface area contributed by atoms with Gasteiger partial charge in [-0.15, -0.1) is 11.3 Å². The van der Waals surface area contributed by atoms with E-state index in [4.69, 9.17) is 16.3 Å². The molecule has 1 amide bonds. The van der Waals surface area contributed by atoms with Crippen molar-refractivity contribution in [3.63, 3.8) is 0 Å². The van der Waals surface area contributed by atoms with Gasteiger partial charge in [-0.2, -0.15) is 0 Å². The van der Waals surface area contributed by atoms with Gasteiger partial charge in [-0.1, -0.05) is 23.7 Å². The number of nitrogens with zero attached hydrogens (tertiary/aromatic N) is 1. The quantitative estimate of drug-likeness (QED) is 0.550.